The van der Waals surface area contributed by atoms with Gasteiger partial charge in [0.1, 0.15) is 10.7 Å². The number of carbonyl (C=O) groups excluding carboxylic acids is 1. The highest BCUT2D eigenvalue weighted by Crippen LogP contribution is 2.23. The van der Waals surface area contributed by atoms with Crippen LogP contribution in [-0.4, -0.2) is 44.8 Å². The third-order valence-electron chi connectivity index (χ3n) is 3.98. The standard InChI is InChI=1S/C14H25N3O4S.ClH/c1-6-14(7-2,9-15)16-13(18)11-8-12(10(3)21-11)22(19,20)17(4)5;/h8H,6-7,9,15H2,1-5H3,(H,16,18);1H. The monoisotopic (exact) mass is 367 g/mol. The summed E-state index contributed by atoms with van der Waals surface area (Å²) in [6, 6.07) is 1.26. The number of nitrogens with one attached hydrogen (secondary N) is 1. The SMILES string of the molecule is CCC(CC)(CN)NC(=O)c1cc(S(=O)(=O)N(C)C)c(C)o1.Cl. The molecule has 1 aromatic rings. The van der Waals surface area contributed by atoms with E-state index in [-0.39, 0.29) is 28.8 Å². The zero-order chi connectivity index (χ0) is 17.1. The van der Waals surface area contributed by atoms with Crippen LogP contribution in [0.3, 0.4) is 0 Å². The molecule has 0 spiro atoms. The molecule has 3 N–H and O–H groups in total. The molecule has 0 aliphatic rings. The van der Waals surface area contributed by atoms with Crippen molar-refractivity contribution in [1.29, 1.82) is 0 Å². The van der Waals surface area contributed by atoms with Crippen molar-refractivity contribution in [2.24, 2.45) is 5.73 Å². The molecule has 1 amide bonds. The Labute approximate surface area is 144 Å². The Kier molecular flexibility index (Phi) is 7.75. The first-order valence-corrected chi connectivity index (χ1v) is 8.63. The van der Waals surface area contributed by atoms with Crippen molar-refractivity contribution in [3.05, 3.63) is 17.6 Å². The maximum Gasteiger partial charge on any atom is 0.287 e. The summed E-state index contributed by atoms with van der Waals surface area (Å²) in [7, 11) is -0.794. The Balaban J connectivity index is 0.00000484. The molecule has 0 bridgehead atoms. The molecule has 9 heteroatoms. The van der Waals surface area contributed by atoms with Gasteiger partial charge in [-0.25, -0.2) is 12.7 Å². The van der Waals surface area contributed by atoms with Crippen molar-refractivity contribution < 1.29 is 17.6 Å². The number of furan rings is 1. The van der Waals surface area contributed by atoms with Gasteiger partial charge < -0.3 is 15.5 Å². The molecule has 0 aliphatic heterocycles. The molecular formula is C14H26ClN3O4S. The van der Waals surface area contributed by atoms with Crippen LogP contribution in [0.4, 0.5) is 0 Å². The number of nitrogens with two attached hydrogens (primary N) is 1. The van der Waals surface area contributed by atoms with E-state index in [1.54, 1.807) is 0 Å². The molecule has 0 atom stereocenters. The van der Waals surface area contributed by atoms with Gasteiger partial charge in [-0.15, -0.1) is 12.4 Å². The minimum absolute atomic E-state index is 0. The lowest BCUT2D eigenvalue weighted by Gasteiger charge is -2.30. The Morgan fingerprint density at radius 2 is 1.87 bits per heavy atom. The lowest BCUT2D eigenvalue weighted by atomic mass is 9.93. The molecule has 1 aromatic heterocycles. The fraction of sp³-hybridized carbons (Fsp3) is 0.643. The van der Waals surface area contributed by atoms with E-state index in [1.807, 2.05) is 13.8 Å². The van der Waals surface area contributed by atoms with Gasteiger partial charge in [0.15, 0.2) is 5.76 Å². The summed E-state index contributed by atoms with van der Waals surface area (Å²) in [6.45, 7) is 5.69. The average molecular weight is 368 g/mol. The highest BCUT2D eigenvalue weighted by molar-refractivity contribution is 7.89. The first-order valence-electron chi connectivity index (χ1n) is 7.19. The van der Waals surface area contributed by atoms with E-state index in [9.17, 15) is 13.2 Å². The first-order chi connectivity index (χ1) is 10.1. The Bertz CT molecular complexity index is 628. The number of sulfonamides is 1. The number of aryl methyl sites for hydroxylation is 1. The van der Waals surface area contributed by atoms with Gasteiger partial charge in [-0.1, -0.05) is 13.8 Å². The molecule has 0 saturated carbocycles. The topological polar surface area (TPSA) is 106 Å². The van der Waals surface area contributed by atoms with Gasteiger partial charge in [-0.3, -0.25) is 4.79 Å². The third-order valence-corrected chi connectivity index (χ3v) is 5.90. The number of hydrogen-bond donors (Lipinski definition) is 2. The van der Waals surface area contributed by atoms with Crippen LogP contribution < -0.4 is 11.1 Å². The van der Waals surface area contributed by atoms with Crippen molar-refractivity contribution in [2.45, 2.75) is 44.0 Å². The van der Waals surface area contributed by atoms with Crippen LogP contribution in [0.5, 0.6) is 0 Å². The summed E-state index contributed by atoms with van der Waals surface area (Å²) in [4.78, 5) is 12.3. The zero-order valence-electron chi connectivity index (χ0n) is 14.2. The van der Waals surface area contributed by atoms with Crippen LogP contribution in [-0.2, 0) is 10.0 Å². The Hall–Kier alpha value is -1.09. The van der Waals surface area contributed by atoms with Crippen molar-refractivity contribution in [2.75, 3.05) is 20.6 Å². The van der Waals surface area contributed by atoms with Crippen LogP contribution in [0.15, 0.2) is 15.4 Å². The maximum absolute atomic E-state index is 12.3. The van der Waals surface area contributed by atoms with E-state index >= 15 is 0 Å². The van der Waals surface area contributed by atoms with Gasteiger partial charge in [0.05, 0.1) is 5.54 Å². The predicted octanol–water partition coefficient (Wildman–Crippen LogP) is 1.51. The number of nitrogens with zero attached hydrogens (tertiary/aromatic N) is 1. The van der Waals surface area contributed by atoms with E-state index in [2.05, 4.69) is 5.32 Å². The van der Waals surface area contributed by atoms with Crippen LogP contribution in [0.1, 0.15) is 43.0 Å². The predicted molar refractivity (Wildman–Crippen MR) is 91.4 cm³/mol. The van der Waals surface area contributed by atoms with Crippen LogP contribution in [0.25, 0.3) is 0 Å². The highest BCUT2D eigenvalue weighted by Gasteiger charge is 2.30. The summed E-state index contributed by atoms with van der Waals surface area (Å²) in [5, 5.41) is 2.85. The van der Waals surface area contributed by atoms with E-state index in [0.29, 0.717) is 19.4 Å². The highest BCUT2D eigenvalue weighted by atomic mass is 35.5. The van der Waals surface area contributed by atoms with E-state index in [4.69, 9.17) is 10.2 Å². The van der Waals surface area contributed by atoms with Gasteiger partial charge in [0.25, 0.3) is 5.91 Å². The van der Waals surface area contributed by atoms with Crippen molar-refractivity contribution in [1.82, 2.24) is 9.62 Å². The van der Waals surface area contributed by atoms with Crippen LogP contribution in [0, 0.1) is 6.92 Å². The van der Waals surface area contributed by atoms with Gasteiger partial charge in [-0.05, 0) is 19.8 Å². The average Bonchev–Trinajstić information content (AvgIpc) is 2.87. The molecule has 0 radical (unpaired) electrons. The van der Waals surface area contributed by atoms with Gasteiger partial charge in [-0.2, -0.15) is 0 Å². The summed E-state index contributed by atoms with van der Waals surface area (Å²) in [5.74, 6) is -0.305. The largest absolute Gasteiger partial charge is 0.455 e. The molecule has 134 valence electrons. The second kappa shape index (κ2) is 8.14. The zero-order valence-corrected chi connectivity index (χ0v) is 15.8. The summed E-state index contributed by atoms with van der Waals surface area (Å²) in [6.07, 6.45) is 1.35. The fourth-order valence-electron chi connectivity index (χ4n) is 2.10. The lowest BCUT2D eigenvalue weighted by molar-refractivity contribution is 0.0865. The molecular weight excluding hydrogens is 342 g/mol. The van der Waals surface area contributed by atoms with Crippen LogP contribution >= 0.6 is 12.4 Å². The quantitative estimate of drug-likeness (QED) is 0.759. The summed E-state index contributed by atoms with van der Waals surface area (Å²) in [5.41, 5.74) is 5.24. The lowest BCUT2D eigenvalue weighted by Crippen LogP contribution is -2.52. The normalized spacial score (nSPS) is 12.1. The van der Waals surface area contributed by atoms with Gasteiger partial charge in [0.2, 0.25) is 10.0 Å². The van der Waals surface area contributed by atoms with Crippen LogP contribution in [0.2, 0.25) is 0 Å². The molecule has 23 heavy (non-hydrogen) atoms. The molecule has 1 rings (SSSR count). The van der Waals surface area contributed by atoms with Gasteiger partial charge in [0, 0.05) is 26.7 Å². The van der Waals surface area contributed by atoms with Crippen molar-refractivity contribution in [3.63, 3.8) is 0 Å². The summed E-state index contributed by atoms with van der Waals surface area (Å²) >= 11 is 0. The van der Waals surface area contributed by atoms with E-state index in [1.165, 1.54) is 27.1 Å². The second-order valence-electron chi connectivity index (χ2n) is 5.46. The number of rotatable bonds is 7. The molecule has 0 saturated heterocycles. The summed E-state index contributed by atoms with van der Waals surface area (Å²) < 4.78 is 30.7. The molecule has 1 heterocycles. The Morgan fingerprint density at radius 1 is 1.35 bits per heavy atom. The second-order valence-corrected chi connectivity index (χ2v) is 7.58. The number of hydrogen-bond acceptors (Lipinski definition) is 5. The van der Waals surface area contributed by atoms with Gasteiger partial charge >= 0.3 is 0 Å². The molecule has 0 aromatic carbocycles. The van der Waals surface area contributed by atoms with Crippen molar-refractivity contribution in [3.8, 4) is 0 Å². The smallest absolute Gasteiger partial charge is 0.287 e. The molecule has 0 fully saturated rings. The van der Waals surface area contributed by atoms with Crippen molar-refractivity contribution >= 4 is 28.3 Å². The molecule has 7 nitrogen and oxygen atoms in total. The fourth-order valence-corrected chi connectivity index (χ4v) is 3.15. The third kappa shape index (κ3) is 4.47. The minimum atomic E-state index is -3.65. The Morgan fingerprint density at radius 3 is 2.26 bits per heavy atom. The molecule has 0 unspecified atom stereocenters. The van der Waals surface area contributed by atoms with E-state index < -0.39 is 21.5 Å². The van der Waals surface area contributed by atoms with E-state index in [0.717, 1.165) is 4.31 Å². The molecule has 0 aliphatic carbocycles. The number of amides is 1. The number of carbonyl (C=O) groups is 1. The minimum Gasteiger partial charge on any atom is -0.455 e. The maximum atomic E-state index is 12.3. The first kappa shape index (κ1) is 21.9. The number of halogens is 1.